The van der Waals surface area contributed by atoms with E-state index in [0.717, 1.165) is 18.0 Å². The molecule has 0 spiro atoms. The minimum Gasteiger partial charge on any atom is -0.497 e. The van der Waals surface area contributed by atoms with E-state index in [1.54, 1.807) is 14.0 Å². The maximum Gasteiger partial charge on any atom is 0.322 e. The quantitative estimate of drug-likeness (QED) is 0.745. The number of nitrogens with zero attached hydrogens (tertiary/aromatic N) is 2. The summed E-state index contributed by atoms with van der Waals surface area (Å²) in [4.78, 5) is 40.1. The molecule has 4 amide bonds. The third-order valence-electron chi connectivity index (χ3n) is 5.66. The van der Waals surface area contributed by atoms with E-state index in [4.69, 9.17) is 4.74 Å². The molecular formula is C20H28N4O4. The van der Waals surface area contributed by atoms with Crippen LogP contribution in [0.2, 0.25) is 0 Å². The lowest BCUT2D eigenvalue weighted by Crippen LogP contribution is -2.54. The van der Waals surface area contributed by atoms with Gasteiger partial charge in [0.25, 0.3) is 5.91 Å². The molecule has 2 saturated heterocycles. The van der Waals surface area contributed by atoms with Crippen LogP contribution < -0.4 is 20.3 Å². The molecule has 8 nitrogen and oxygen atoms in total. The summed E-state index contributed by atoms with van der Waals surface area (Å²) >= 11 is 0. The highest BCUT2D eigenvalue weighted by molar-refractivity contribution is 6.06. The Balaban J connectivity index is 1.60. The summed E-state index contributed by atoms with van der Waals surface area (Å²) in [5, 5.41) is 4.83. The number of carbonyl (C=O) groups excluding carboxylic acids is 3. The van der Waals surface area contributed by atoms with Gasteiger partial charge in [0.15, 0.2) is 0 Å². The zero-order chi connectivity index (χ0) is 20.5. The second kappa shape index (κ2) is 7.69. The number of urea groups is 1. The van der Waals surface area contributed by atoms with E-state index in [1.165, 1.54) is 5.56 Å². The van der Waals surface area contributed by atoms with E-state index in [0.29, 0.717) is 13.1 Å². The lowest BCUT2D eigenvalue weighted by atomic mass is 9.95. The van der Waals surface area contributed by atoms with Gasteiger partial charge in [0.2, 0.25) is 5.91 Å². The molecule has 1 aromatic carbocycles. The molecule has 2 heterocycles. The van der Waals surface area contributed by atoms with Crippen molar-refractivity contribution in [1.82, 2.24) is 15.5 Å². The molecule has 152 valence electrons. The Kier molecular flexibility index (Phi) is 5.49. The van der Waals surface area contributed by atoms with E-state index in [2.05, 4.69) is 29.4 Å². The van der Waals surface area contributed by atoms with Crippen LogP contribution in [0.3, 0.4) is 0 Å². The number of hydrogen-bond acceptors (Lipinski definition) is 5. The van der Waals surface area contributed by atoms with Gasteiger partial charge in [-0.15, -0.1) is 0 Å². The van der Waals surface area contributed by atoms with Gasteiger partial charge >= 0.3 is 6.03 Å². The molecule has 28 heavy (non-hydrogen) atoms. The smallest absolute Gasteiger partial charge is 0.322 e. The predicted octanol–water partition coefficient (Wildman–Crippen LogP) is 1.42. The maximum absolute atomic E-state index is 12.7. The van der Waals surface area contributed by atoms with Gasteiger partial charge in [0.1, 0.15) is 11.3 Å². The molecule has 2 fully saturated rings. The molecule has 0 aliphatic carbocycles. The van der Waals surface area contributed by atoms with E-state index >= 15 is 0 Å². The average molecular weight is 388 g/mol. The summed E-state index contributed by atoms with van der Waals surface area (Å²) in [6.45, 7) is 7.78. The summed E-state index contributed by atoms with van der Waals surface area (Å²) in [5.41, 5.74) is 1.28. The normalized spacial score (nSPS) is 24.8. The second-order valence-corrected chi connectivity index (χ2v) is 7.77. The van der Waals surface area contributed by atoms with Gasteiger partial charge in [0.05, 0.1) is 7.11 Å². The number of anilines is 1. The van der Waals surface area contributed by atoms with Crippen LogP contribution in [0.25, 0.3) is 0 Å². The van der Waals surface area contributed by atoms with Gasteiger partial charge in [-0.3, -0.25) is 14.9 Å². The number of aryl methyl sites for hydroxylation is 1. The van der Waals surface area contributed by atoms with Crippen LogP contribution in [0.1, 0.15) is 32.3 Å². The highest BCUT2D eigenvalue weighted by atomic mass is 16.5. The highest BCUT2D eigenvalue weighted by Crippen LogP contribution is 2.29. The van der Waals surface area contributed by atoms with E-state index in [-0.39, 0.29) is 30.7 Å². The first-order valence-corrected chi connectivity index (χ1v) is 9.56. The Morgan fingerprint density at radius 2 is 2.07 bits per heavy atom. The monoisotopic (exact) mass is 388 g/mol. The Bertz CT molecular complexity index is 796. The molecule has 2 aliphatic rings. The zero-order valence-corrected chi connectivity index (χ0v) is 16.9. The molecule has 8 heteroatoms. The average Bonchev–Trinajstić information content (AvgIpc) is 2.92. The predicted molar refractivity (Wildman–Crippen MR) is 105 cm³/mol. The van der Waals surface area contributed by atoms with Crippen LogP contribution in [-0.4, -0.2) is 61.1 Å². The van der Waals surface area contributed by atoms with Crippen molar-refractivity contribution < 1.29 is 19.1 Å². The Hall–Kier alpha value is -2.77. The first kappa shape index (κ1) is 20.0. The fourth-order valence-corrected chi connectivity index (χ4v) is 3.84. The zero-order valence-electron chi connectivity index (χ0n) is 16.9. The first-order valence-electron chi connectivity index (χ1n) is 9.56. The van der Waals surface area contributed by atoms with Gasteiger partial charge in [-0.05, 0) is 38.8 Å². The van der Waals surface area contributed by atoms with Crippen molar-refractivity contribution in [3.63, 3.8) is 0 Å². The summed E-state index contributed by atoms with van der Waals surface area (Å²) in [6.07, 6.45) is 0.502. The number of rotatable bonds is 5. The van der Waals surface area contributed by atoms with E-state index in [9.17, 15) is 14.4 Å². The highest BCUT2D eigenvalue weighted by Gasteiger charge is 2.42. The SMILES string of the molecule is COc1ccc(C)c(N2CCN(C(=O)CCC3(C)NC(=O)NC3=O)C[C@@H]2C)c1. The van der Waals surface area contributed by atoms with Gasteiger partial charge in [-0.1, -0.05) is 6.07 Å². The van der Waals surface area contributed by atoms with Crippen LogP contribution in [0, 0.1) is 6.92 Å². The Morgan fingerprint density at radius 3 is 2.68 bits per heavy atom. The number of benzene rings is 1. The van der Waals surface area contributed by atoms with Crippen molar-refractivity contribution in [3.05, 3.63) is 23.8 Å². The molecule has 1 aromatic rings. The minimum atomic E-state index is -1.02. The number of hydrogen-bond donors (Lipinski definition) is 2. The number of piperazine rings is 1. The third kappa shape index (κ3) is 3.90. The van der Waals surface area contributed by atoms with Gasteiger partial charge < -0.3 is 19.9 Å². The van der Waals surface area contributed by atoms with Crippen molar-refractivity contribution in [2.24, 2.45) is 0 Å². The topological polar surface area (TPSA) is 91.0 Å². The van der Waals surface area contributed by atoms with Crippen molar-refractivity contribution in [2.45, 2.75) is 45.2 Å². The summed E-state index contributed by atoms with van der Waals surface area (Å²) in [5.74, 6) is 0.442. The van der Waals surface area contributed by atoms with Gasteiger partial charge in [-0.25, -0.2) is 4.79 Å². The lowest BCUT2D eigenvalue weighted by molar-refractivity contribution is -0.132. The second-order valence-electron chi connectivity index (χ2n) is 7.77. The summed E-state index contributed by atoms with van der Waals surface area (Å²) in [7, 11) is 1.65. The fourth-order valence-electron chi connectivity index (χ4n) is 3.84. The van der Waals surface area contributed by atoms with Crippen LogP contribution in [0.4, 0.5) is 10.5 Å². The molecule has 0 bridgehead atoms. The standard InChI is InChI=1S/C20H28N4O4/c1-13-5-6-15(28-4)11-16(13)24-10-9-23(12-14(24)2)17(25)7-8-20(3)18(26)21-19(27)22-20/h5-6,11,14H,7-10,12H2,1-4H3,(H2,21,22,26,27)/t14-,20?/m0/s1. The number of nitrogens with one attached hydrogen (secondary N) is 2. The van der Waals surface area contributed by atoms with Crippen LogP contribution in [-0.2, 0) is 9.59 Å². The third-order valence-corrected chi connectivity index (χ3v) is 5.66. The molecule has 0 radical (unpaired) electrons. The lowest BCUT2D eigenvalue weighted by Gasteiger charge is -2.42. The van der Waals surface area contributed by atoms with Crippen LogP contribution >= 0.6 is 0 Å². The van der Waals surface area contributed by atoms with Crippen molar-refractivity contribution in [1.29, 1.82) is 0 Å². The molecule has 0 saturated carbocycles. The number of amides is 4. The van der Waals surface area contributed by atoms with E-state index in [1.807, 2.05) is 23.1 Å². The maximum atomic E-state index is 12.7. The van der Waals surface area contributed by atoms with Crippen molar-refractivity contribution in [2.75, 3.05) is 31.6 Å². The largest absolute Gasteiger partial charge is 0.497 e. The van der Waals surface area contributed by atoms with Crippen LogP contribution in [0.15, 0.2) is 18.2 Å². The fraction of sp³-hybridized carbons (Fsp3) is 0.550. The van der Waals surface area contributed by atoms with Gasteiger partial charge in [0, 0.05) is 43.9 Å². The molecule has 2 aliphatic heterocycles. The molecule has 2 N–H and O–H groups in total. The number of imide groups is 1. The summed E-state index contributed by atoms with van der Waals surface area (Å²) in [6, 6.07) is 5.68. The number of ether oxygens (including phenoxy) is 1. The minimum absolute atomic E-state index is 0.00374. The van der Waals surface area contributed by atoms with Gasteiger partial charge in [-0.2, -0.15) is 0 Å². The molecule has 2 atom stereocenters. The van der Waals surface area contributed by atoms with Crippen molar-refractivity contribution >= 4 is 23.5 Å². The molecule has 0 aromatic heterocycles. The summed E-state index contributed by atoms with van der Waals surface area (Å²) < 4.78 is 5.35. The molecule has 3 rings (SSSR count). The number of methoxy groups -OCH3 is 1. The first-order chi connectivity index (χ1) is 13.2. The Morgan fingerprint density at radius 1 is 1.32 bits per heavy atom. The van der Waals surface area contributed by atoms with E-state index < -0.39 is 11.6 Å². The molecule has 1 unspecified atom stereocenters. The Labute approximate surface area is 165 Å². The van der Waals surface area contributed by atoms with Crippen LogP contribution in [0.5, 0.6) is 5.75 Å². The number of carbonyl (C=O) groups is 3. The molecular weight excluding hydrogens is 360 g/mol. The van der Waals surface area contributed by atoms with Crippen molar-refractivity contribution in [3.8, 4) is 5.75 Å².